The minimum absolute atomic E-state index is 0. The predicted molar refractivity (Wildman–Crippen MR) is 124 cm³/mol. The summed E-state index contributed by atoms with van der Waals surface area (Å²) in [6.45, 7) is 1.03. The molecule has 1 aromatic heterocycles. The molecule has 8 heteroatoms. The van der Waals surface area contributed by atoms with Gasteiger partial charge in [-0.2, -0.15) is 0 Å². The van der Waals surface area contributed by atoms with Crippen molar-refractivity contribution in [1.82, 2.24) is 15.6 Å². The average Bonchev–Trinajstić information content (AvgIpc) is 3.23. The summed E-state index contributed by atoms with van der Waals surface area (Å²) >= 11 is 0. The number of methoxy groups -OCH3 is 2. The quantitative estimate of drug-likeness (QED) is 0.287. The molecule has 0 spiro atoms. The maximum atomic E-state index is 5.56. The lowest BCUT2D eigenvalue weighted by Gasteiger charge is -2.15. The first-order chi connectivity index (χ1) is 13.7. The van der Waals surface area contributed by atoms with Crippen molar-refractivity contribution in [1.29, 1.82) is 0 Å². The van der Waals surface area contributed by atoms with E-state index < -0.39 is 0 Å². The Balaban J connectivity index is 0.00000300. The van der Waals surface area contributed by atoms with Crippen LogP contribution in [0.25, 0.3) is 11.5 Å². The van der Waals surface area contributed by atoms with Crippen molar-refractivity contribution >= 4 is 29.9 Å². The molecule has 0 atom stereocenters. The van der Waals surface area contributed by atoms with Crippen molar-refractivity contribution in [3.8, 4) is 23.0 Å². The third-order valence-electron chi connectivity index (χ3n) is 4.16. The van der Waals surface area contributed by atoms with Crippen LogP contribution in [0.1, 0.15) is 11.3 Å². The number of nitrogens with zero attached hydrogens (tertiary/aromatic N) is 2. The number of nitrogens with one attached hydrogen (secondary N) is 2. The van der Waals surface area contributed by atoms with Crippen molar-refractivity contribution in [2.24, 2.45) is 4.99 Å². The molecule has 0 radical (unpaired) electrons. The summed E-state index contributed by atoms with van der Waals surface area (Å²) in [4.78, 5) is 8.75. The van der Waals surface area contributed by atoms with Gasteiger partial charge < -0.3 is 24.5 Å². The molecule has 3 rings (SSSR count). The molecule has 0 saturated heterocycles. The molecule has 3 aromatic rings. The number of rotatable bonds is 7. The number of para-hydroxylation sites is 1. The van der Waals surface area contributed by atoms with Gasteiger partial charge in [0.15, 0.2) is 17.5 Å². The zero-order chi connectivity index (χ0) is 19.8. The summed E-state index contributed by atoms with van der Waals surface area (Å²) in [6.07, 6.45) is 1.65. The highest BCUT2D eigenvalue weighted by molar-refractivity contribution is 14.0. The zero-order valence-corrected chi connectivity index (χ0v) is 19.0. The number of ether oxygens (including phenoxy) is 2. The molecule has 0 amide bonds. The Morgan fingerprint density at radius 2 is 1.76 bits per heavy atom. The van der Waals surface area contributed by atoms with Gasteiger partial charge in [-0.15, -0.1) is 24.0 Å². The van der Waals surface area contributed by atoms with Gasteiger partial charge in [0.1, 0.15) is 6.26 Å². The highest BCUT2D eigenvalue weighted by Gasteiger charge is 2.10. The van der Waals surface area contributed by atoms with E-state index in [4.69, 9.17) is 13.9 Å². The lowest BCUT2D eigenvalue weighted by molar-refractivity contribution is 0.351. The van der Waals surface area contributed by atoms with Gasteiger partial charge in [-0.25, -0.2) is 4.98 Å². The summed E-state index contributed by atoms with van der Waals surface area (Å²) in [5.41, 5.74) is 2.71. The summed E-state index contributed by atoms with van der Waals surface area (Å²) in [5.74, 6) is 2.65. The number of aliphatic imine (C=N–C) groups is 1. The van der Waals surface area contributed by atoms with E-state index in [-0.39, 0.29) is 24.0 Å². The van der Waals surface area contributed by atoms with Gasteiger partial charge >= 0.3 is 0 Å². The van der Waals surface area contributed by atoms with Crippen molar-refractivity contribution in [2.45, 2.75) is 13.1 Å². The van der Waals surface area contributed by atoms with Crippen molar-refractivity contribution in [2.75, 3.05) is 21.3 Å². The number of guanidine groups is 1. The van der Waals surface area contributed by atoms with Crippen LogP contribution in [0.3, 0.4) is 0 Å². The summed E-state index contributed by atoms with van der Waals surface area (Å²) in [5, 5.41) is 6.50. The molecular weight excluding hydrogens is 483 g/mol. The van der Waals surface area contributed by atoms with Crippen molar-refractivity contribution < 1.29 is 13.9 Å². The monoisotopic (exact) mass is 508 g/mol. The van der Waals surface area contributed by atoms with Crippen LogP contribution in [0.15, 0.2) is 64.2 Å². The highest BCUT2D eigenvalue weighted by Crippen LogP contribution is 2.30. The van der Waals surface area contributed by atoms with Gasteiger partial charge in [0.05, 0.1) is 26.5 Å². The van der Waals surface area contributed by atoms with Crippen LogP contribution in [0.5, 0.6) is 11.5 Å². The third-order valence-corrected chi connectivity index (χ3v) is 4.16. The predicted octanol–water partition coefficient (Wildman–Crippen LogP) is 3.84. The Hall–Kier alpha value is -2.75. The van der Waals surface area contributed by atoms with Crippen LogP contribution in [-0.4, -0.2) is 32.2 Å². The number of benzene rings is 2. The lowest BCUT2D eigenvalue weighted by Crippen LogP contribution is -2.36. The Morgan fingerprint density at radius 3 is 2.45 bits per heavy atom. The maximum absolute atomic E-state index is 5.56. The number of hydrogen-bond donors (Lipinski definition) is 2. The second-order valence-corrected chi connectivity index (χ2v) is 5.94. The SMILES string of the molecule is CN=C(NCc1coc(-c2ccccc2)n1)NCc1cccc(OC)c1OC.I. The normalized spacial score (nSPS) is 10.8. The molecule has 0 bridgehead atoms. The molecule has 154 valence electrons. The molecule has 0 aliphatic rings. The fourth-order valence-electron chi connectivity index (χ4n) is 2.77. The van der Waals surface area contributed by atoms with Crippen molar-refractivity contribution in [3.63, 3.8) is 0 Å². The first-order valence-electron chi connectivity index (χ1n) is 8.89. The number of halogens is 1. The van der Waals surface area contributed by atoms with Gasteiger partial charge in [0, 0.05) is 24.7 Å². The van der Waals surface area contributed by atoms with E-state index in [0.717, 1.165) is 16.8 Å². The van der Waals surface area contributed by atoms with Gasteiger partial charge in [-0.3, -0.25) is 4.99 Å². The molecule has 0 saturated carbocycles. The molecular formula is C21H25IN4O3. The van der Waals surface area contributed by atoms with Gasteiger partial charge in [0.25, 0.3) is 0 Å². The van der Waals surface area contributed by atoms with Crippen LogP contribution in [0.4, 0.5) is 0 Å². The topological polar surface area (TPSA) is 80.9 Å². The number of hydrogen-bond acceptors (Lipinski definition) is 5. The molecule has 29 heavy (non-hydrogen) atoms. The number of oxazole rings is 1. The zero-order valence-electron chi connectivity index (χ0n) is 16.6. The standard InChI is InChI=1S/C21H24N4O3.HI/c1-22-21(23-12-16-10-7-11-18(26-2)19(16)27-3)24-13-17-14-28-20(25-17)15-8-5-4-6-9-15;/h4-11,14H,12-13H2,1-3H3,(H2,22,23,24);1H. The van der Waals surface area contributed by atoms with E-state index in [2.05, 4.69) is 20.6 Å². The van der Waals surface area contributed by atoms with E-state index in [9.17, 15) is 0 Å². The largest absolute Gasteiger partial charge is 0.493 e. The van der Waals surface area contributed by atoms with E-state index >= 15 is 0 Å². The second kappa shape index (κ2) is 11.3. The molecule has 2 N–H and O–H groups in total. The molecule has 0 aliphatic heterocycles. The molecule has 7 nitrogen and oxygen atoms in total. The molecule has 0 aliphatic carbocycles. The number of aromatic nitrogens is 1. The van der Waals surface area contributed by atoms with Gasteiger partial charge in [-0.05, 0) is 18.2 Å². The first-order valence-corrected chi connectivity index (χ1v) is 8.89. The fourth-order valence-corrected chi connectivity index (χ4v) is 2.77. The minimum atomic E-state index is 0. The maximum Gasteiger partial charge on any atom is 0.226 e. The average molecular weight is 508 g/mol. The highest BCUT2D eigenvalue weighted by atomic mass is 127. The van der Waals surface area contributed by atoms with Crippen LogP contribution < -0.4 is 20.1 Å². The molecule has 1 heterocycles. The van der Waals surface area contributed by atoms with Gasteiger partial charge in [-0.1, -0.05) is 30.3 Å². The summed E-state index contributed by atoms with van der Waals surface area (Å²) < 4.78 is 16.4. The Morgan fingerprint density at radius 1 is 1.00 bits per heavy atom. The molecule has 0 unspecified atom stereocenters. The van der Waals surface area contributed by atoms with Crippen LogP contribution in [-0.2, 0) is 13.1 Å². The second-order valence-electron chi connectivity index (χ2n) is 5.94. The Labute approximate surface area is 187 Å². The van der Waals surface area contributed by atoms with Crippen molar-refractivity contribution in [3.05, 3.63) is 66.1 Å². The summed E-state index contributed by atoms with van der Waals surface area (Å²) in [6, 6.07) is 15.6. The Bertz CT molecular complexity index is 929. The molecule has 0 fully saturated rings. The van der Waals surface area contributed by atoms with Crippen LogP contribution in [0, 0.1) is 0 Å². The smallest absolute Gasteiger partial charge is 0.226 e. The van der Waals surface area contributed by atoms with E-state index in [1.54, 1.807) is 27.5 Å². The third kappa shape index (κ3) is 5.86. The summed E-state index contributed by atoms with van der Waals surface area (Å²) in [7, 11) is 4.97. The first kappa shape index (κ1) is 22.5. The lowest BCUT2D eigenvalue weighted by atomic mass is 10.2. The van der Waals surface area contributed by atoms with E-state index in [0.29, 0.717) is 36.4 Å². The Kier molecular flexibility index (Phi) is 8.78. The van der Waals surface area contributed by atoms with E-state index in [1.807, 2.05) is 48.5 Å². The molecule has 2 aromatic carbocycles. The van der Waals surface area contributed by atoms with Crippen LogP contribution in [0.2, 0.25) is 0 Å². The van der Waals surface area contributed by atoms with Gasteiger partial charge in [0.2, 0.25) is 5.89 Å². The van der Waals surface area contributed by atoms with E-state index in [1.165, 1.54) is 0 Å². The fraction of sp³-hybridized carbons (Fsp3) is 0.238. The van der Waals surface area contributed by atoms with Crippen LogP contribution >= 0.6 is 24.0 Å². The minimum Gasteiger partial charge on any atom is -0.493 e.